The third-order valence-electron chi connectivity index (χ3n) is 4.59. The van der Waals surface area contributed by atoms with Crippen molar-refractivity contribution in [3.63, 3.8) is 0 Å². The van der Waals surface area contributed by atoms with Crippen molar-refractivity contribution >= 4 is 17.0 Å². The molecule has 0 saturated carbocycles. The molecule has 1 N–H and O–H groups in total. The molecule has 0 aliphatic heterocycles. The van der Waals surface area contributed by atoms with Gasteiger partial charge in [-0.1, -0.05) is 30.3 Å². The van der Waals surface area contributed by atoms with Crippen LogP contribution in [-0.2, 0) is 6.54 Å². The van der Waals surface area contributed by atoms with E-state index in [0.29, 0.717) is 35.0 Å². The maximum absolute atomic E-state index is 13.3. The van der Waals surface area contributed by atoms with Crippen molar-refractivity contribution < 1.29 is 4.39 Å². The Morgan fingerprint density at radius 1 is 0.867 bits per heavy atom. The first-order chi connectivity index (χ1) is 14.8. The molecule has 0 bridgehead atoms. The predicted octanol–water partition coefficient (Wildman–Crippen LogP) is 4.02. The fraction of sp³-hybridized carbons (Fsp3) is 0.0455. The van der Waals surface area contributed by atoms with Crippen LogP contribution < -0.4 is 5.32 Å². The Labute approximate surface area is 171 Å². The van der Waals surface area contributed by atoms with E-state index < -0.39 is 0 Å². The summed E-state index contributed by atoms with van der Waals surface area (Å²) in [5.74, 6) is 0.686. The number of nitrogens with one attached hydrogen (secondary N) is 1. The van der Waals surface area contributed by atoms with Crippen LogP contribution in [0.15, 0.2) is 79.4 Å². The molecular formula is C22H16FN7. The number of nitrogens with zero attached hydrogens (tertiary/aromatic N) is 6. The third kappa shape index (κ3) is 3.58. The van der Waals surface area contributed by atoms with Gasteiger partial charge in [-0.15, -0.1) is 0 Å². The lowest BCUT2D eigenvalue weighted by Crippen LogP contribution is -2.09. The van der Waals surface area contributed by atoms with Crippen LogP contribution in [0.2, 0.25) is 0 Å². The zero-order valence-electron chi connectivity index (χ0n) is 15.8. The van der Waals surface area contributed by atoms with E-state index in [-0.39, 0.29) is 5.82 Å². The first-order valence-corrected chi connectivity index (χ1v) is 9.34. The fourth-order valence-corrected chi connectivity index (χ4v) is 3.11. The van der Waals surface area contributed by atoms with E-state index in [0.717, 1.165) is 11.1 Å². The van der Waals surface area contributed by atoms with Crippen LogP contribution in [-0.4, -0.2) is 29.7 Å². The Hall–Kier alpha value is -4.20. The molecule has 0 unspecified atom stereocenters. The van der Waals surface area contributed by atoms with Gasteiger partial charge >= 0.3 is 0 Å². The van der Waals surface area contributed by atoms with E-state index in [9.17, 15) is 4.39 Å². The van der Waals surface area contributed by atoms with Crippen LogP contribution in [0.3, 0.4) is 0 Å². The summed E-state index contributed by atoms with van der Waals surface area (Å²) in [4.78, 5) is 18.0. The second kappa shape index (κ2) is 7.67. The minimum absolute atomic E-state index is 0.291. The van der Waals surface area contributed by atoms with Crippen molar-refractivity contribution in [2.45, 2.75) is 6.54 Å². The molecule has 8 heteroatoms. The van der Waals surface area contributed by atoms with E-state index in [1.807, 2.05) is 42.5 Å². The Morgan fingerprint density at radius 2 is 1.70 bits per heavy atom. The molecule has 0 saturated heterocycles. The number of anilines is 1. The second-order valence-corrected chi connectivity index (χ2v) is 6.62. The topological polar surface area (TPSA) is 81.4 Å². The summed E-state index contributed by atoms with van der Waals surface area (Å²) >= 11 is 0. The molecule has 0 aliphatic rings. The molecule has 3 aromatic heterocycles. The van der Waals surface area contributed by atoms with Crippen LogP contribution >= 0.6 is 0 Å². The molecule has 0 aliphatic carbocycles. The number of benzene rings is 2. The highest BCUT2D eigenvalue weighted by molar-refractivity contribution is 5.84. The van der Waals surface area contributed by atoms with Crippen LogP contribution in [0.5, 0.6) is 0 Å². The molecule has 0 atom stereocenters. The Morgan fingerprint density at radius 3 is 2.47 bits per heavy atom. The number of rotatable bonds is 5. The summed E-state index contributed by atoms with van der Waals surface area (Å²) in [7, 11) is 0. The molecule has 5 rings (SSSR count). The van der Waals surface area contributed by atoms with Crippen LogP contribution in [0, 0.1) is 5.82 Å². The van der Waals surface area contributed by atoms with Gasteiger partial charge in [0.25, 0.3) is 0 Å². The summed E-state index contributed by atoms with van der Waals surface area (Å²) < 4.78 is 14.8. The van der Waals surface area contributed by atoms with Crippen molar-refractivity contribution in [2.24, 2.45) is 0 Å². The van der Waals surface area contributed by atoms with Gasteiger partial charge in [0.2, 0.25) is 5.95 Å². The zero-order chi connectivity index (χ0) is 20.3. The smallest absolute Gasteiger partial charge is 0.225 e. The largest absolute Gasteiger partial charge is 0.350 e. The van der Waals surface area contributed by atoms with Crippen LogP contribution in [0.25, 0.3) is 28.1 Å². The summed E-state index contributed by atoms with van der Waals surface area (Å²) in [5.41, 5.74) is 3.85. The quantitative estimate of drug-likeness (QED) is 0.482. The molecule has 0 amide bonds. The van der Waals surface area contributed by atoms with Crippen molar-refractivity contribution in [2.75, 3.05) is 5.32 Å². The molecule has 5 aromatic rings. The number of aromatic nitrogens is 6. The molecular weight excluding hydrogens is 381 g/mol. The van der Waals surface area contributed by atoms with Gasteiger partial charge in [0, 0.05) is 12.1 Å². The Balaban J connectivity index is 1.58. The van der Waals surface area contributed by atoms with Gasteiger partial charge < -0.3 is 5.32 Å². The van der Waals surface area contributed by atoms with E-state index in [2.05, 4.69) is 25.4 Å². The van der Waals surface area contributed by atoms with Gasteiger partial charge in [-0.25, -0.2) is 24.0 Å². The summed E-state index contributed by atoms with van der Waals surface area (Å²) in [5, 5.41) is 7.46. The number of pyridine rings is 1. The molecule has 0 radical (unpaired) electrons. The van der Waals surface area contributed by atoms with Crippen LogP contribution in [0.1, 0.15) is 5.56 Å². The van der Waals surface area contributed by atoms with E-state index in [1.54, 1.807) is 23.1 Å². The number of hydrogen-bond donors (Lipinski definition) is 1. The molecule has 2 aromatic carbocycles. The van der Waals surface area contributed by atoms with Gasteiger partial charge in [0.05, 0.1) is 11.2 Å². The van der Waals surface area contributed by atoms with Gasteiger partial charge in [-0.3, -0.25) is 0 Å². The first-order valence-electron chi connectivity index (χ1n) is 9.34. The molecule has 0 spiro atoms. The Bertz CT molecular complexity index is 1290. The summed E-state index contributed by atoms with van der Waals surface area (Å²) in [6, 6.07) is 19.9. The normalized spacial score (nSPS) is 11.0. The van der Waals surface area contributed by atoms with E-state index >= 15 is 0 Å². The highest BCUT2D eigenvalue weighted by Gasteiger charge is 2.13. The van der Waals surface area contributed by atoms with E-state index in [1.165, 1.54) is 18.5 Å². The SMILES string of the molecule is Fc1ccc(-c2ccc3nc(NCc4ccccc4)nc(-n4cncn4)c3n2)cc1. The average Bonchev–Trinajstić information content (AvgIpc) is 3.33. The van der Waals surface area contributed by atoms with Gasteiger partial charge in [-0.05, 0) is 42.0 Å². The predicted molar refractivity (Wildman–Crippen MR) is 111 cm³/mol. The Kier molecular flexibility index (Phi) is 4.57. The van der Waals surface area contributed by atoms with Gasteiger partial charge in [0.1, 0.15) is 24.0 Å². The molecule has 3 heterocycles. The van der Waals surface area contributed by atoms with Crippen molar-refractivity contribution in [1.82, 2.24) is 29.7 Å². The van der Waals surface area contributed by atoms with Crippen molar-refractivity contribution in [3.8, 4) is 17.1 Å². The van der Waals surface area contributed by atoms with E-state index in [4.69, 9.17) is 4.98 Å². The van der Waals surface area contributed by atoms with Crippen LogP contribution in [0.4, 0.5) is 10.3 Å². The summed E-state index contributed by atoms with van der Waals surface area (Å²) in [6.45, 7) is 0.588. The third-order valence-corrected chi connectivity index (χ3v) is 4.59. The molecule has 7 nitrogen and oxygen atoms in total. The molecule has 146 valence electrons. The lowest BCUT2D eigenvalue weighted by Gasteiger charge is -2.11. The number of hydrogen-bond acceptors (Lipinski definition) is 6. The lowest BCUT2D eigenvalue weighted by molar-refractivity contribution is 0.628. The first kappa shape index (κ1) is 17.9. The maximum Gasteiger partial charge on any atom is 0.225 e. The second-order valence-electron chi connectivity index (χ2n) is 6.62. The van der Waals surface area contributed by atoms with Crippen molar-refractivity contribution in [3.05, 3.63) is 90.8 Å². The monoisotopic (exact) mass is 397 g/mol. The number of fused-ring (bicyclic) bond motifs is 1. The minimum atomic E-state index is -0.291. The number of halogens is 1. The highest BCUT2D eigenvalue weighted by atomic mass is 19.1. The highest BCUT2D eigenvalue weighted by Crippen LogP contribution is 2.24. The molecule has 30 heavy (non-hydrogen) atoms. The van der Waals surface area contributed by atoms with Gasteiger partial charge in [0.15, 0.2) is 5.82 Å². The maximum atomic E-state index is 13.3. The zero-order valence-corrected chi connectivity index (χ0v) is 15.8. The average molecular weight is 397 g/mol. The minimum Gasteiger partial charge on any atom is -0.350 e. The molecule has 0 fully saturated rings. The summed E-state index contributed by atoms with van der Waals surface area (Å²) in [6.07, 6.45) is 3.00. The fourth-order valence-electron chi connectivity index (χ4n) is 3.11. The lowest BCUT2D eigenvalue weighted by atomic mass is 10.1. The van der Waals surface area contributed by atoms with Crippen molar-refractivity contribution in [1.29, 1.82) is 0 Å². The van der Waals surface area contributed by atoms with Gasteiger partial charge in [-0.2, -0.15) is 10.1 Å². The standard InChI is InChI=1S/C22H16FN7/c23-17-8-6-16(7-9-17)18-10-11-19-20(27-18)21(30-14-24-13-26-30)29-22(28-19)25-12-15-4-2-1-3-5-15/h1-11,13-14H,12H2,(H,25,28,29).